The molecule has 7 heterocycles. The molecule has 0 unspecified atom stereocenters. The van der Waals surface area contributed by atoms with Gasteiger partial charge in [-0.05, 0) is 131 Å². The molecule has 0 aliphatic carbocycles. The summed E-state index contributed by atoms with van der Waals surface area (Å²) in [5.74, 6) is 2.67. The lowest BCUT2D eigenvalue weighted by molar-refractivity contribution is -0.118. The highest BCUT2D eigenvalue weighted by atomic mass is 19.1. The Kier molecular flexibility index (Phi) is 16.4. The van der Waals surface area contributed by atoms with Crippen molar-refractivity contribution in [1.82, 2.24) is 55.5 Å². The summed E-state index contributed by atoms with van der Waals surface area (Å²) >= 11 is 0. The molecule has 2 aliphatic heterocycles. The summed E-state index contributed by atoms with van der Waals surface area (Å²) in [4.78, 5) is 54.8. The van der Waals surface area contributed by atoms with Gasteiger partial charge in [0.25, 0.3) is 0 Å². The van der Waals surface area contributed by atoms with Crippen LogP contribution in [0.2, 0.25) is 0 Å². The number of aromatic nitrogens is 9. The Hall–Kier alpha value is -10.3. The van der Waals surface area contributed by atoms with Crippen molar-refractivity contribution < 1.29 is 27.8 Å². The van der Waals surface area contributed by atoms with Crippen LogP contribution in [0.4, 0.5) is 54.8 Å². The number of benzene rings is 4. The number of pyridine rings is 2. The number of hydrogen-bond donors (Lipinski definition) is 6. The highest BCUT2D eigenvalue weighted by Crippen LogP contribution is 2.38. The number of piperidine rings is 2. The molecule has 0 saturated carbocycles. The molecule has 2 aliphatic rings. The first-order valence-electron chi connectivity index (χ1n) is 26.7. The molecule has 6 N–H and O–H groups in total. The molecule has 83 heavy (non-hydrogen) atoms. The molecule has 2 fully saturated rings. The topological polar surface area (TPSA) is 263 Å². The van der Waals surface area contributed by atoms with E-state index < -0.39 is 11.6 Å². The van der Waals surface area contributed by atoms with E-state index in [1.807, 2.05) is 44.3 Å². The van der Waals surface area contributed by atoms with Gasteiger partial charge in [-0.3, -0.25) is 9.59 Å². The molecule has 5 aromatic heterocycles. The van der Waals surface area contributed by atoms with E-state index in [2.05, 4.69) is 84.9 Å². The summed E-state index contributed by atoms with van der Waals surface area (Å²) < 4.78 is 44.7. The molecule has 424 valence electrons. The molecule has 9 aromatic rings. The molecule has 2 amide bonds. The van der Waals surface area contributed by atoms with Crippen molar-refractivity contribution in [2.75, 3.05) is 59.0 Å². The lowest BCUT2D eigenvalue weighted by atomic mass is 9.89. The Balaban J connectivity index is 0.000000185. The molecule has 0 radical (unpaired) electrons. The Morgan fingerprint density at radius 3 is 1.77 bits per heavy atom. The zero-order valence-electron chi connectivity index (χ0n) is 46.3. The van der Waals surface area contributed by atoms with Crippen LogP contribution in [0.3, 0.4) is 0 Å². The Morgan fingerprint density at radius 2 is 1.23 bits per heavy atom. The molecule has 0 atom stereocenters. The Labute approximate surface area is 476 Å². The fourth-order valence-electron chi connectivity index (χ4n) is 9.83. The van der Waals surface area contributed by atoms with Gasteiger partial charge in [0.15, 0.2) is 23.3 Å². The fourth-order valence-corrected chi connectivity index (χ4v) is 9.83. The number of anilines is 7. The zero-order chi connectivity index (χ0) is 58.4. The highest BCUT2D eigenvalue weighted by molar-refractivity contribution is 5.90. The van der Waals surface area contributed by atoms with Crippen molar-refractivity contribution in [1.29, 1.82) is 5.53 Å². The summed E-state index contributed by atoms with van der Waals surface area (Å²) in [7, 11) is 3.55. The molecular weight excluding hydrogens is 1060 g/mol. The molecule has 4 aromatic carbocycles. The van der Waals surface area contributed by atoms with E-state index in [0.29, 0.717) is 97.8 Å². The average Bonchev–Trinajstić information content (AvgIpc) is 3.83. The summed E-state index contributed by atoms with van der Waals surface area (Å²) in [6.45, 7) is 15.2. The molecule has 22 nitrogen and oxygen atoms in total. The second kappa shape index (κ2) is 24.2. The van der Waals surface area contributed by atoms with E-state index >= 15 is 8.78 Å². The molecule has 11 rings (SSSR count). The Morgan fingerprint density at radius 1 is 0.699 bits per heavy atom. The van der Waals surface area contributed by atoms with E-state index in [9.17, 15) is 9.59 Å². The van der Waals surface area contributed by atoms with Gasteiger partial charge in [0.05, 0.1) is 33.6 Å². The number of carbonyl (C=O) groups is 2. The van der Waals surface area contributed by atoms with Crippen LogP contribution in [0.5, 0.6) is 23.0 Å². The maximum absolute atomic E-state index is 15.6. The highest BCUT2D eigenvalue weighted by Gasteiger charge is 2.32. The third-order valence-corrected chi connectivity index (χ3v) is 14.7. The van der Waals surface area contributed by atoms with Crippen molar-refractivity contribution in [3.63, 3.8) is 0 Å². The van der Waals surface area contributed by atoms with Gasteiger partial charge in [0.1, 0.15) is 69.5 Å². The standard InChI is InChI=1S/C30H30FN9O2.C29H30FN9O2/c1-5-26(41)36-30(3)12-14-40(15-13-30)25-11-8-21-28(35-25)29(33-17-32-21)34-20-7-10-24(18(2)27(20)31)42-19-6-9-23-22(16-19)37-38-39(23)4;1-4-26(40)35-18-11-13-39(14-12-18)25-10-8-22-28(37-25)29(34-16-33-22)36-21-7-9-24(17(2)27(21)30)41-19-5-6-20(32-3)23(15-19)38-31/h5-11,16-17H,1,12-15H2,2-4H3,(H,36,41)(H,32,33,34);4-10,15-16,18,31-32H,1,11-14H2,2-3H3,(H,35,40)(H,33,34,36). The van der Waals surface area contributed by atoms with Crippen molar-refractivity contribution in [3.8, 4) is 23.0 Å². The van der Waals surface area contributed by atoms with Crippen LogP contribution < -0.4 is 45.9 Å². The van der Waals surface area contributed by atoms with Crippen LogP contribution in [0, 0.1) is 31.0 Å². The van der Waals surface area contributed by atoms with Gasteiger partial charge in [0.2, 0.25) is 11.8 Å². The second-order valence-corrected chi connectivity index (χ2v) is 20.2. The number of fused-ring (bicyclic) bond motifs is 3. The minimum Gasteiger partial charge on any atom is -0.457 e. The van der Waals surface area contributed by atoms with Crippen LogP contribution in [0.1, 0.15) is 43.7 Å². The summed E-state index contributed by atoms with van der Waals surface area (Å²) in [5, 5.41) is 26.8. The number of rotatable bonds is 16. The van der Waals surface area contributed by atoms with Gasteiger partial charge >= 0.3 is 0 Å². The van der Waals surface area contributed by atoms with Gasteiger partial charge in [-0.15, -0.1) is 5.10 Å². The molecule has 24 heteroatoms. The van der Waals surface area contributed by atoms with Crippen LogP contribution in [-0.2, 0) is 16.6 Å². The number of nitrogens with zero attached hydrogens (tertiary/aromatic N) is 12. The monoisotopic (exact) mass is 1120 g/mol. The number of nitrogens with one attached hydrogen (secondary N) is 6. The van der Waals surface area contributed by atoms with Crippen molar-refractivity contribution in [3.05, 3.63) is 146 Å². The minimum atomic E-state index is -0.494. The van der Waals surface area contributed by atoms with E-state index in [1.54, 1.807) is 80.2 Å². The average molecular weight is 1120 g/mol. The van der Waals surface area contributed by atoms with Gasteiger partial charge in [-0.2, -0.15) is 5.11 Å². The first-order chi connectivity index (χ1) is 40.1. The number of halogens is 2. The molecule has 0 spiro atoms. The number of aryl methyl sites for hydroxylation is 1. The number of ether oxygens (including phenoxy) is 2. The van der Waals surface area contributed by atoms with Gasteiger partial charge in [0, 0.05) is 75.1 Å². The summed E-state index contributed by atoms with van der Waals surface area (Å²) in [6, 6.07) is 24.7. The lowest BCUT2D eigenvalue weighted by Crippen LogP contribution is -2.53. The Bertz CT molecular complexity index is 3960. The van der Waals surface area contributed by atoms with Crippen molar-refractivity contribution in [2.45, 2.75) is 58.0 Å². The van der Waals surface area contributed by atoms with E-state index in [1.165, 1.54) is 24.8 Å². The predicted octanol–water partition coefficient (Wildman–Crippen LogP) is 10.9. The summed E-state index contributed by atoms with van der Waals surface area (Å²) in [5.41, 5.74) is 13.1. The van der Waals surface area contributed by atoms with Crippen molar-refractivity contribution in [2.24, 2.45) is 12.2 Å². The van der Waals surface area contributed by atoms with Gasteiger partial charge in [-0.25, -0.2) is 48.9 Å². The number of carbonyl (C=O) groups excluding carboxylic acids is 2. The zero-order valence-corrected chi connectivity index (χ0v) is 46.3. The number of hydrogen-bond acceptors (Lipinski definition) is 19. The largest absolute Gasteiger partial charge is 0.457 e. The van der Waals surface area contributed by atoms with Gasteiger partial charge in [-0.1, -0.05) is 18.4 Å². The predicted molar refractivity (Wildman–Crippen MR) is 315 cm³/mol. The van der Waals surface area contributed by atoms with Crippen LogP contribution in [0.25, 0.3) is 33.1 Å². The van der Waals surface area contributed by atoms with Crippen LogP contribution >= 0.6 is 0 Å². The third-order valence-electron chi connectivity index (χ3n) is 14.7. The first kappa shape index (κ1) is 56.0. The quantitative estimate of drug-likeness (QED) is 0.0388. The van der Waals surface area contributed by atoms with Crippen molar-refractivity contribution >= 4 is 90.9 Å². The maximum Gasteiger partial charge on any atom is 0.243 e. The molecule has 2 saturated heterocycles. The van der Waals surface area contributed by atoms with E-state index in [0.717, 1.165) is 55.9 Å². The SMILES string of the molecule is C=CC(=O)NC1(C)CCN(c2ccc3ncnc(Nc4ccc(Oc5ccc6c(c5)nnn6C)c(C)c4F)c3n2)CC1.C=CC(=O)NC1CCN(c2ccc3ncnc(Nc4ccc(Oc5ccc(NC)c(N=N)c5)c(C)c4F)c3n2)CC1. The first-order valence-corrected chi connectivity index (χ1v) is 26.7. The maximum atomic E-state index is 15.6. The lowest BCUT2D eigenvalue weighted by Gasteiger charge is -2.40. The van der Waals surface area contributed by atoms with E-state index in [4.69, 9.17) is 25.0 Å². The third kappa shape index (κ3) is 12.4. The minimum absolute atomic E-state index is 0.0957. The number of amides is 2. The normalized spacial score (nSPS) is 14.1. The van der Waals surface area contributed by atoms with Gasteiger partial charge < -0.3 is 45.9 Å². The smallest absolute Gasteiger partial charge is 0.243 e. The van der Waals surface area contributed by atoms with E-state index in [-0.39, 0.29) is 34.8 Å². The van der Waals surface area contributed by atoms with Crippen LogP contribution in [-0.4, -0.2) is 102 Å². The molecule has 0 bridgehead atoms. The fraction of sp³-hybridized carbons (Fsp3) is 0.254. The summed E-state index contributed by atoms with van der Waals surface area (Å²) in [6.07, 6.45) is 8.50. The second-order valence-electron chi connectivity index (χ2n) is 20.2. The van der Waals surface area contributed by atoms with Crippen LogP contribution in [0.15, 0.2) is 128 Å². The molecular formula is C59H60F2N18O4.